The third-order valence-corrected chi connectivity index (χ3v) is 4.64. The molecule has 5 heteroatoms. The van der Waals surface area contributed by atoms with E-state index >= 15 is 0 Å². The highest BCUT2D eigenvalue weighted by molar-refractivity contribution is 8.03. The quantitative estimate of drug-likeness (QED) is 0.380. The summed E-state index contributed by atoms with van der Waals surface area (Å²) in [7, 11) is 0. The Morgan fingerprint density at radius 3 is 2.27 bits per heavy atom. The normalized spacial score (nSPS) is 11.3. The number of allylic oxidation sites excluding steroid dienone is 1. The summed E-state index contributed by atoms with van der Waals surface area (Å²) in [6.45, 7) is 0. The number of nitriles is 1. The van der Waals surface area contributed by atoms with Crippen molar-refractivity contribution >= 4 is 23.0 Å². The third kappa shape index (κ3) is 4.00. The number of nitrogens with zero attached hydrogens (tertiary/aromatic N) is 1. The zero-order chi connectivity index (χ0) is 18.4. The average Bonchev–Trinajstić information content (AvgIpc) is 2.66. The summed E-state index contributed by atoms with van der Waals surface area (Å²) in [5.74, 6) is 1.26. The molecule has 0 spiro atoms. The highest BCUT2D eigenvalue weighted by Gasteiger charge is 2.14. The van der Waals surface area contributed by atoms with Crippen molar-refractivity contribution in [3.8, 4) is 17.6 Å². The zero-order valence-electron chi connectivity index (χ0n) is 13.9. The Kier molecular flexibility index (Phi) is 5.47. The minimum Gasteiger partial charge on any atom is -0.457 e. The molecular weight excluding hydrogens is 342 g/mol. The number of thioether (sulfide) groups is 1. The van der Waals surface area contributed by atoms with Crippen LogP contribution in [0.15, 0.2) is 88.8 Å². The number of hydrogen-bond donors (Lipinski definition) is 2. The Labute approximate surface area is 156 Å². The fourth-order valence-electron chi connectivity index (χ4n) is 2.37. The third-order valence-electron chi connectivity index (χ3n) is 3.62. The first-order valence-corrected chi connectivity index (χ1v) is 8.75. The van der Waals surface area contributed by atoms with Crippen molar-refractivity contribution in [3.05, 3.63) is 89.5 Å². The van der Waals surface area contributed by atoms with Crippen LogP contribution in [0.2, 0.25) is 0 Å². The number of anilines is 1. The maximum atomic E-state index is 9.70. The lowest BCUT2D eigenvalue weighted by molar-refractivity contribution is 0.481. The summed E-state index contributed by atoms with van der Waals surface area (Å²) >= 11 is 1.27. The molecule has 0 heterocycles. The van der Waals surface area contributed by atoms with Crippen LogP contribution >= 0.6 is 11.8 Å². The molecule has 0 bridgehead atoms. The lowest BCUT2D eigenvalue weighted by Crippen LogP contribution is -2.00. The molecule has 0 atom stereocenters. The fraction of sp³-hybridized carbons (Fsp3) is 0. The fourth-order valence-corrected chi connectivity index (χ4v) is 3.20. The molecule has 3 aromatic rings. The molecule has 128 valence electrons. The molecular formula is C21H17N3OS. The van der Waals surface area contributed by atoms with E-state index in [0.717, 1.165) is 4.90 Å². The van der Waals surface area contributed by atoms with E-state index in [1.54, 1.807) is 6.07 Å². The molecule has 0 aliphatic heterocycles. The van der Waals surface area contributed by atoms with Gasteiger partial charge in [-0.25, -0.2) is 0 Å². The van der Waals surface area contributed by atoms with Crippen LogP contribution in [-0.4, -0.2) is 0 Å². The largest absolute Gasteiger partial charge is 0.457 e. The Bertz CT molecular complexity index is 978. The van der Waals surface area contributed by atoms with E-state index in [1.807, 2.05) is 72.8 Å². The Hall–Kier alpha value is -3.36. The van der Waals surface area contributed by atoms with E-state index < -0.39 is 0 Å². The summed E-state index contributed by atoms with van der Waals surface area (Å²) in [4.78, 5) is 0.805. The van der Waals surface area contributed by atoms with Crippen molar-refractivity contribution in [2.24, 2.45) is 5.73 Å². The van der Waals surface area contributed by atoms with Crippen molar-refractivity contribution in [2.75, 3.05) is 5.73 Å². The molecule has 0 radical (unpaired) electrons. The second kappa shape index (κ2) is 8.15. The maximum absolute atomic E-state index is 9.70. The molecule has 0 aliphatic carbocycles. The van der Waals surface area contributed by atoms with Gasteiger partial charge < -0.3 is 16.2 Å². The van der Waals surface area contributed by atoms with Gasteiger partial charge in [0.25, 0.3) is 0 Å². The molecule has 0 saturated heterocycles. The molecule has 0 aliphatic rings. The van der Waals surface area contributed by atoms with Crippen molar-refractivity contribution in [1.82, 2.24) is 0 Å². The first-order valence-electron chi connectivity index (χ1n) is 7.93. The zero-order valence-corrected chi connectivity index (χ0v) is 14.7. The predicted molar refractivity (Wildman–Crippen MR) is 106 cm³/mol. The first-order chi connectivity index (χ1) is 12.7. The van der Waals surface area contributed by atoms with Gasteiger partial charge in [-0.2, -0.15) is 5.26 Å². The number of benzene rings is 3. The maximum Gasteiger partial charge on any atom is 0.136 e. The molecule has 0 unspecified atom stereocenters. The van der Waals surface area contributed by atoms with E-state index in [4.69, 9.17) is 16.2 Å². The second-order valence-electron chi connectivity index (χ2n) is 5.40. The second-order valence-corrected chi connectivity index (χ2v) is 6.49. The molecule has 26 heavy (non-hydrogen) atoms. The summed E-state index contributed by atoms with van der Waals surface area (Å²) in [6, 6.07) is 26.3. The van der Waals surface area contributed by atoms with E-state index in [-0.39, 0.29) is 0 Å². The minimum atomic E-state index is 0.352. The van der Waals surface area contributed by atoms with Crippen LogP contribution in [0.5, 0.6) is 11.5 Å². The van der Waals surface area contributed by atoms with Crippen LogP contribution in [0.3, 0.4) is 0 Å². The summed E-state index contributed by atoms with van der Waals surface area (Å²) < 4.78 is 5.94. The summed E-state index contributed by atoms with van der Waals surface area (Å²) in [5.41, 5.74) is 13.8. The first kappa shape index (κ1) is 17.5. The molecule has 0 fully saturated rings. The van der Waals surface area contributed by atoms with Crippen LogP contribution < -0.4 is 16.2 Å². The van der Waals surface area contributed by atoms with Crippen LogP contribution in [0.25, 0.3) is 5.57 Å². The molecule has 4 nitrogen and oxygen atoms in total. The van der Waals surface area contributed by atoms with Gasteiger partial charge in [-0.05, 0) is 36.4 Å². The van der Waals surface area contributed by atoms with E-state index in [9.17, 15) is 5.26 Å². The van der Waals surface area contributed by atoms with E-state index in [0.29, 0.717) is 33.4 Å². The highest BCUT2D eigenvalue weighted by Crippen LogP contribution is 2.36. The number of rotatable bonds is 5. The monoisotopic (exact) mass is 359 g/mol. The Balaban J connectivity index is 1.98. The summed E-state index contributed by atoms with van der Waals surface area (Å²) in [5, 5.41) is 10.1. The van der Waals surface area contributed by atoms with Gasteiger partial charge in [0.1, 0.15) is 17.6 Å². The van der Waals surface area contributed by atoms with Gasteiger partial charge in [0.15, 0.2) is 0 Å². The van der Waals surface area contributed by atoms with Crippen molar-refractivity contribution in [2.45, 2.75) is 4.90 Å². The average molecular weight is 359 g/mol. The van der Waals surface area contributed by atoms with Crippen molar-refractivity contribution < 1.29 is 4.74 Å². The summed E-state index contributed by atoms with van der Waals surface area (Å²) in [6.07, 6.45) is 0. The smallest absolute Gasteiger partial charge is 0.136 e. The Morgan fingerprint density at radius 1 is 0.885 bits per heavy atom. The Morgan fingerprint density at radius 2 is 1.54 bits per heavy atom. The van der Waals surface area contributed by atoms with Crippen LogP contribution in [0.4, 0.5) is 5.69 Å². The SMILES string of the molecule is N#C/C(=C(/N)Sc1ccccc1N)c1ccccc1Oc1ccccc1. The van der Waals surface area contributed by atoms with Gasteiger partial charge in [-0.3, -0.25) is 0 Å². The van der Waals surface area contributed by atoms with E-state index in [1.165, 1.54) is 11.8 Å². The highest BCUT2D eigenvalue weighted by atomic mass is 32.2. The van der Waals surface area contributed by atoms with Crippen molar-refractivity contribution in [1.29, 1.82) is 5.26 Å². The molecule has 0 aromatic heterocycles. The van der Waals surface area contributed by atoms with Crippen molar-refractivity contribution in [3.63, 3.8) is 0 Å². The van der Waals surface area contributed by atoms with E-state index in [2.05, 4.69) is 6.07 Å². The van der Waals surface area contributed by atoms with Gasteiger partial charge >= 0.3 is 0 Å². The minimum absolute atomic E-state index is 0.352. The van der Waals surface area contributed by atoms with Gasteiger partial charge in [0.05, 0.1) is 10.6 Å². The number of hydrogen-bond acceptors (Lipinski definition) is 5. The number of nitrogen functional groups attached to an aromatic ring is 1. The van der Waals surface area contributed by atoms with Gasteiger partial charge in [0, 0.05) is 16.1 Å². The molecule has 0 saturated carbocycles. The van der Waals surface area contributed by atoms with Gasteiger partial charge in [-0.15, -0.1) is 0 Å². The standard InChI is InChI=1S/C21H17N3OS/c22-14-17(21(24)26-20-13-7-5-11-18(20)23)16-10-4-6-12-19(16)25-15-8-2-1-3-9-15/h1-13H,23-24H2/b21-17+. The topological polar surface area (TPSA) is 85.1 Å². The predicted octanol–water partition coefficient (Wildman–Crippen LogP) is 5.00. The molecule has 4 N–H and O–H groups in total. The van der Waals surface area contributed by atoms with Gasteiger partial charge in [-0.1, -0.05) is 54.2 Å². The lowest BCUT2D eigenvalue weighted by Gasteiger charge is -2.12. The van der Waals surface area contributed by atoms with Crippen LogP contribution in [0, 0.1) is 11.3 Å². The molecule has 3 rings (SSSR count). The number of ether oxygens (including phenoxy) is 1. The molecule has 3 aromatic carbocycles. The lowest BCUT2D eigenvalue weighted by atomic mass is 10.1. The number of para-hydroxylation sites is 3. The molecule has 0 amide bonds. The van der Waals surface area contributed by atoms with Gasteiger partial charge in [0.2, 0.25) is 0 Å². The van der Waals surface area contributed by atoms with Crippen LogP contribution in [-0.2, 0) is 0 Å². The van der Waals surface area contributed by atoms with Crippen LogP contribution in [0.1, 0.15) is 5.56 Å². The number of nitrogens with two attached hydrogens (primary N) is 2.